The summed E-state index contributed by atoms with van der Waals surface area (Å²) >= 11 is 0. The highest BCUT2D eigenvalue weighted by atomic mass is 19.4. The van der Waals surface area contributed by atoms with E-state index < -0.39 is 12.3 Å². The molecule has 92 valence electrons. The van der Waals surface area contributed by atoms with Gasteiger partial charge in [0.15, 0.2) is 0 Å². The summed E-state index contributed by atoms with van der Waals surface area (Å²) in [4.78, 5) is 0. The van der Waals surface area contributed by atoms with Gasteiger partial charge in [-0.25, -0.2) is 0 Å². The van der Waals surface area contributed by atoms with E-state index in [9.17, 15) is 13.2 Å². The molecule has 0 heterocycles. The molecule has 0 N–H and O–H groups in total. The van der Waals surface area contributed by atoms with Crippen LogP contribution in [0.3, 0.4) is 0 Å². The Morgan fingerprint density at radius 2 is 1.88 bits per heavy atom. The van der Waals surface area contributed by atoms with Crippen LogP contribution in [0.25, 0.3) is 0 Å². The summed E-state index contributed by atoms with van der Waals surface area (Å²) in [5, 5.41) is 0. The SMILES string of the molecule is C=CCOC(C#CC(F)(F)F)C(CC)CC. The van der Waals surface area contributed by atoms with E-state index >= 15 is 0 Å². The van der Waals surface area contributed by atoms with Crippen molar-refractivity contribution in [2.24, 2.45) is 5.92 Å². The van der Waals surface area contributed by atoms with Crippen molar-refractivity contribution >= 4 is 0 Å². The van der Waals surface area contributed by atoms with Crippen molar-refractivity contribution in [2.45, 2.75) is 39.0 Å². The fourth-order valence-corrected chi connectivity index (χ4v) is 1.34. The monoisotopic (exact) mass is 234 g/mol. The first-order valence-corrected chi connectivity index (χ1v) is 5.26. The van der Waals surface area contributed by atoms with Crippen LogP contribution in [0.5, 0.6) is 0 Å². The summed E-state index contributed by atoms with van der Waals surface area (Å²) in [6.45, 7) is 7.49. The quantitative estimate of drug-likeness (QED) is 0.504. The van der Waals surface area contributed by atoms with Gasteiger partial charge in [0.2, 0.25) is 0 Å². The van der Waals surface area contributed by atoms with E-state index in [-0.39, 0.29) is 12.5 Å². The second kappa shape index (κ2) is 7.34. The Hall–Kier alpha value is -0.950. The van der Waals surface area contributed by atoms with Crippen LogP contribution < -0.4 is 0 Å². The molecule has 1 nitrogen and oxygen atoms in total. The lowest BCUT2D eigenvalue weighted by molar-refractivity contribution is -0.0702. The number of halogens is 3. The Balaban J connectivity index is 4.63. The Morgan fingerprint density at radius 3 is 2.25 bits per heavy atom. The molecular formula is C12H17F3O. The molecule has 0 amide bonds. The van der Waals surface area contributed by atoms with Gasteiger partial charge in [-0.1, -0.05) is 25.8 Å². The summed E-state index contributed by atoms with van der Waals surface area (Å²) in [6.07, 6.45) is -2.14. The summed E-state index contributed by atoms with van der Waals surface area (Å²) in [5.74, 6) is 3.45. The Kier molecular flexibility index (Phi) is 6.91. The van der Waals surface area contributed by atoms with Gasteiger partial charge in [-0.05, 0) is 18.8 Å². The van der Waals surface area contributed by atoms with Crippen molar-refractivity contribution < 1.29 is 17.9 Å². The molecule has 0 aromatic rings. The van der Waals surface area contributed by atoms with Crippen molar-refractivity contribution in [3.8, 4) is 11.8 Å². The number of alkyl halides is 3. The van der Waals surface area contributed by atoms with E-state index in [1.54, 1.807) is 0 Å². The molecule has 0 aromatic heterocycles. The van der Waals surface area contributed by atoms with Crippen LogP contribution in [-0.4, -0.2) is 18.9 Å². The Bertz CT molecular complexity index is 256. The van der Waals surface area contributed by atoms with E-state index in [4.69, 9.17) is 4.74 Å². The largest absolute Gasteiger partial charge is 0.457 e. The van der Waals surface area contributed by atoms with E-state index in [1.807, 2.05) is 13.8 Å². The first-order valence-electron chi connectivity index (χ1n) is 5.26. The van der Waals surface area contributed by atoms with Crippen LogP contribution in [0.2, 0.25) is 0 Å². The number of rotatable bonds is 6. The maximum atomic E-state index is 12.0. The molecule has 0 aliphatic heterocycles. The maximum absolute atomic E-state index is 12.0. The van der Waals surface area contributed by atoms with E-state index in [0.717, 1.165) is 12.8 Å². The maximum Gasteiger partial charge on any atom is 0.457 e. The van der Waals surface area contributed by atoms with Crippen LogP contribution in [0.1, 0.15) is 26.7 Å². The standard InChI is InChI=1S/C12H17F3O/c1-4-9-16-11(10(5-2)6-3)7-8-12(13,14)15/h4,10-11H,1,5-6,9H2,2-3H3. The van der Waals surface area contributed by atoms with Crippen molar-refractivity contribution in [3.05, 3.63) is 12.7 Å². The molecule has 0 rings (SSSR count). The molecule has 0 radical (unpaired) electrons. The van der Waals surface area contributed by atoms with Crippen molar-refractivity contribution in [1.29, 1.82) is 0 Å². The number of hydrogen-bond acceptors (Lipinski definition) is 1. The molecular weight excluding hydrogens is 217 g/mol. The molecule has 16 heavy (non-hydrogen) atoms. The smallest absolute Gasteiger partial charge is 0.361 e. The lowest BCUT2D eigenvalue weighted by Crippen LogP contribution is -2.22. The molecule has 0 bridgehead atoms. The number of ether oxygens (including phenoxy) is 1. The highest BCUT2D eigenvalue weighted by molar-refractivity contribution is 5.11. The third-order valence-corrected chi connectivity index (χ3v) is 2.23. The van der Waals surface area contributed by atoms with E-state index in [1.165, 1.54) is 12.0 Å². The van der Waals surface area contributed by atoms with E-state index in [0.29, 0.717) is 0 Å². The van der Waals surface area contributed by atoms with Gasteiger partial charge in [-0.15, -0.1) is 6.58 Å². The van der Waals surface area contributed by atoms with Gasteiger partial charge in [0.1, 0.15) is 6.10 Å². The fraction of sp³-hybridized carbons (Fsp3) is 0.667. The first-order chi connectivity index (χ1) is 7.44. The minimum atomic E-state index is -4.46. The van der Waals surface area contributed by atoms with Crippen molar-refractivity contribution in [3.63, 3.8) is 0 Å². The Labute approximate surface area is 94.7 Å². The van der Waals surface area contributed by atoms with Crippen LogP contribution >= 0.6 is 0 Å². The Morgan fingerprint density at radius 1 is 1.31 bits per heavy atom. The molecule has 0 fully saturated rings. The van der Waals surface area contributed by atoms with Crippen LogP contribution in [-0.2, 0) is 4.74 Å². The average Bonchev–Trinajstić information content (AvgIpc) is 2.21. The average molecular weight is 234 g/mol. The summed E-state index contributed by atoms with van der Waals surface area (Å²) in [6, 6.07) is 0. The fourth-order valence-electron chi connectivity index (χ4n) is 1.34. The topological polar surface area (TPSA) is 9.23 Å². The molecule has 0 saturated heterocycles. The zero-order chi connectivity index (χ0) is 12.6. The van der Waals surface area contributed by atoms with Gasteiger partial charge in [-0.2, -0.15) is 13.2 Å². The highest BCUT2D eigenvalue weighted by Gasteiger charge is 2.25. The molecule has 1 atom stereocenters. The third kappa shape index (κ3) is 6.52. The van der Waals surface area contributed by atoms with Gasteiger partial charge in [0, 0.05) is 5.92 Å². The summed E-state index contributed by atoms with van der Waals surface area (Å²) in [5.41, 5.74) is 0. The molecule has 0 spiro atoms. The summed E-state index contributed by atoms with van der Waals surface area (Å²) < 4.78 is 41.1. The molecule has 1 unspecified atom stereocenters. The summed E-state index contributed by atoms with van der Waals surface area (Å²) in [7, 11) is 0. The second-order valence-electron chi connectivity index (χ2n) is 3.39. The van der Waals surface area contributed by atoms with Gasteiger partial charge in [0.05, 0.1) is 6.61 Å². The van der Waals surface area contributed by atoms with Crippen LogP contribution in [0.4, 0.5) is 13.2 Å². The van der Waals surface area contributed by atoms with E-state index in [2.05, 4.69) is 12.5 Å². The van der Waals surface area contributed by atoms with Gasteiger partial charge < -0.3 is 4.74 Å². The minimum Gasteiger partial charge on any atom is -0.361 e. The van der Waals surface area contributed by atoms with Gasteiger partial charge in [-0.3, -0.25) is 0 Å². The minimum absolute atomic E-state index is 0.0230. The predicted octanol–water partition coefficient (Wildman–Crippen LogP) is 3.56. The third-order valence-electron chi connectivity index (χ3n) is 2.23. The van der Waals surface area contributed by atoms with Crippen LogP contribution in [0.15, 0.2) is 12.7 Å². The van der Waals surface area contributed by atoms with Crippen molar-refractivity contribution in [2.75, 3.05) is 6.61 Å². The predicted molar refractivity (Wildman–Crippen MR) is 57.8 cm³/mol. The first kappa shape index (κ1) is 15.0. The number of hydrogen-bond donors (Lipinski definition) is 0. The molecule has 0 aliphatic carbocycles. The molecule has 0 aliphatic rings. The lowest BCUT2D eigenvalue weighted by atomic mass is 9.97. The van der Waals surface area contributed by atoms with Crippen LogP contribution in [0, 0.1) is 17.8 Å². The molecule has 0 aromatic carbocycles. The zero-order valence-corrected chi connectivity index (χ0v) is 9.60. The second-order valence-corrected chi connectivity index (χ2v) is 3.39. The van der Waals surface area contributed by atoms with Gasteiger partial charge >= 0.3 is 6.18 Å². The zero-order valence-electron chi connectivity index (χ0n) is 9.60. The molecule has 0 saturated carbocycles. The highest BCUT2D eigenvalue weighted by Crippen LogP contribution is 2.18. The molecule has 4 heteroatoms. The normalized spacial score (nSPS) is 13.1. The van der Waals surface area contributed by atoms with Crippen molar-refractivity contribution in [1.82, 2.24) is 0 Å². The lowest BCUT2D eigenvalue weighted by Gasteiger charge is -2.20. The van der Waals surface area contributed by atoms with Gasteiger partial charge in [0.25, 0.3) is 0 Å².